The van der Waals surface area contributed by atoms with Crippen molar-refractivity contribution >= 4 is 51.2 Å². The van der Waals surface area contributed by atoms with Crippen molar-refractivity contribution in [3.63, 3.8) is 0 Å². The third-order valence-corrected chi connectivity index (χ3v) is 5.87. The lowest BCUT2D eigenvalue weighted by molar-refractivity contribution is 0.415. The molecule has 1 saturated heterocycles. The lowest BCUT2D eigenvalue weighted by Gasteiger charge is -2.35. The molecule has 1 aliphatic heterocycles. The van der Waals surface area contributed by atoms with Gasteiger partial charge in [-0.3, -0.25) is 4.98 Å². The summed E-state index contributed by atoms with van der Waals surface area (Å²) in [6.07, 6.45) is 2.02. The van der Waals surface area contributed by atoms with E-state index >= 15 is 0 Å². The molecule has 30 heavy (non-hydrogen) atoms. The van der Waals surface area contributed by atoms with Crippen molar-refractivity contribution in [1.29, 1.82) is 0 Å². The normalized spacial score (nSPS) is 14.6. The van der Waals surface area contributed by atoms with Crippen LogP contribution in [0, 0.1) is 6.92 Å². The Hall–Kier alpha value is -2.57. The summed E-state index contributed by atoms with van der Waals surface area (Å²) >= 11 is 11.4. The van der Waals surface area contributed by atoms with Gasteiger partial charge in [0.05, 0.1) is 12.6 Å². The number of methoxy groups -OCH3 is 1. The molecular weight excluding hydrogens is 416 g/mol. The van der Waals surface area contributed by atoms with Crippen LogP contribution < -0.4 is 20.3 Å². The molecule has 0 bridgehead atoms. The van der Waals surface area contributed by atoms with Crippen LogP contribution in [-0.2, 0) is 0 Å². The van der Waals surface area contributed by atoms with Crippen LogP contribution in [0.2, 0.25) is 5.02 Å². The zero-order valence-electron chi connectivity index (χ0n) is 17.1. The summed E-state index contributed by atoms with van der Waals surface area (Å²) in [6, 6.07) is 16.1. The quantitative estimate of drug-likeness (QED) is 0.546. The number of fused-ring (bicyclic) bond motifs is 1. The predicted molar refractivity (Wildman–Crippen MR) is 129 cm³/mol. The van der Waals surface area contributed by atoms with Crippen LogP contribution in [0.5, 0.6) is 5.75 Å². The van der Waals surface area contributed by atoms with E-state index in [1.165, 1.54) is 5.69 Å². The van der Waals surface area contributed by atoms with Crippen molar-refractivity contribution in [1.82, 2.24) is 10.3 Å². The second kappa shape index (κ2) is 9.06. The number of nitrogens with one attached hydrogen (secondary N) is 2. The number of anilines is 2. The van der Waals surface area contributed by atoms with Gasteiger partial charge < -0.3 is 20.3 Å². The van der Waals surface area contributed by atoms with Gasteiger partial charge in [-0.1, -0.05) is 11.6 Å². The van der Waals surface area contributed by atoms with E-state index < -0.39 is 0 Å². The first-order valence-corrected chi connectivity index (χ1v) is 10.8. The lowest BCUT2D eigenvalue weighted by atomic mass is 10.0. The Kier molecular flexibility index (Phi) is 6.25. The molecule has 1 aliphatic rings. The SMILES string of the molecule is COc1ccc2nc(C)cc(N3CCC(NC(=S)Nc4ccc(Cl)cc4)CC3)c2c1. The highest BCUT2D eigenvalue weighted by Crippen LogP contribution is 2.31. The minimum Gasteiger partial charge on any atom is -0.497 e. The number of halogens is 1. The highest BCUT2D eigenvalue weighted by Gasteiger charge is 2.22. The van der Waals surface area contributed by atoms with E-state index in [2.05, 4.69) is 32.7 Å². The predicted octanol–water partition coefficient (Wildman–Crippen LogP) is 5.16. The number of hydrogen-bond donors (Lipinski definition) is 2. The second-order valence-electron chi connectivity index (χ2n) is 7.53. The fourth-order valence-corrected chi connectivity index (χ4v) is 4.27. The smallest absolute Gasteiger partial charge is 0.170 e. The Morgan fingerprint density at radius 1 is 1.13 bits per heavy atom. The fourth-order valence-electron chi connectivity index (χ4n) is 3.85. The van der Waals surface area contributed by atoms with Crippen molar-refractivity contribution in [2.24, 2.45) is 0 Å². The number of rotatable bonds is 4. The Morgan fingerprint density at radius 2 is 1.87 bits per heavy atom. The van der Waals surface area contributed by atoms with Crippen molar-refractivity contribution < 1.29 is 4.74 Å². The molecule has 0 aliphatic carbocycles. The first-order chi connectivity index (χ1) is 14.5. The summed E-state index contributed by atoms with van der Waals surface area (Å²) in [4.78, 5) is 7.11. The third kappa shape index (κ3) is 4.77. The third-order valence-electron chi connectivity index (χ3n) is 5.40. The van der Waals surface area contributed by atoms with Crippen molar-refractivity contribution in [3.8, 4) is 5.75 Å². The van der Waals surface area contributed by atoms with E-state index in [4.69, 9.17) is 28.6 Å². The number of thiocarbonyl (C=S) groups is 1. The van der Waals surface area contributed by atoms with Crippen LogP contribution >= 0.6 is 23.8 Å². The molecule has 0 unspecified atom stereocenters. The summed E-state index contributed by atoms with van der Waals surface area (Å²) < 4.78 is 5.43. The molecule has 0 amide bonds. The van der Waals surface area contributed by atoms with E-state index in [9.17, 15) is 0 Å². The molecule has 5 nitrogen and oxygen atoms in total. The van der Waals surface area contributed by atoms with Gasteiger partial charge >= 0.3 is 0 Å². The standard InChI is InChI=1S/C23H25ClN4OS/c1-15-13-22(20-14-19(29-2)7-8-21(20)25-15)28-11-9-18(10-12-28)27-23(30)26-17-5-3-16(24)4-6-17/h3-8,13-14,18H,9-12H2,1-2H3,(H2,26,27,30). The van der Waals surface area contributed by atoms with E-state index in [1.54, 1.807) is 7.11 Å². The molecule has 0 atom stereocenters. The van der Waals surface area contributed by atoms with Gasteiger partial charge in [0.2, 0.25) is 0 Å². The molecule has 156 valence electrons. The van der Waals surface area contributed by atoms with Crippen LogP contribution in [-0.4, -0.2) is 36.3 Å². The van der Waals surface area contributed by atoms with Crippen LogP contribution in [0.3, 0.4) is 0 Å². The van der Waals surface area contributed by atoms with E-state index in [-0.39, 0.29) is 0 Å². The number of pyridine rings is 1. The van der Waals surface area contributed by atoms with Crippen LogP contribution in [0.25, 0.3) is 10.9 Å². The zero-order valence-corrected chi connectivity index (χ0v) is 18.7. The molecule has 2 heterocycles. The molecule has 1 aromatic heterocycles. The number of ether oxygens (including phenoxy) is 1. The lowest BCUT2D eigenvalue weighted by Crippen LogP contribution is -2.46. The molecule has 0 saturated carbocycles. The summed E-state index contributed by atoms with van der Waals surface area (Å²) in [5.74, 6) is 0.851. The molecule has 0 radical (unpaired) electrons. The minimum atomic E-state index is 0.345. The maximum absolute atomic E-state index is 5.94. The van der Waals surface area contributed by atoms with Crippen LogP contribution in [0.4, 0.5) is 11.4 Å². The number of hydrogen-bond acceptors (Lipinski definition) is 4. The van der Waals surface area contributed by atoms with E-state index in [0.29, 0.717) is 16.2 Å². The van der Waals surface area contributed by atoms with Gasteiger partial charge in [0.15, 0.2) is 5.11 Å². The van der Waals surface area contributed by atoms with Gasteiger partial charge in [0.25, 0.3) is 0 Å². The maximum atomic E-state index is 5.94. The Bertz CT molecular complexity index is 1050. The van der Waals surface area contributed by atoms with Gasteiger partial charge in [-0.25, -0.2) is 0 Å². The number of benzene rings is 2. The second-order valence-corrected chi connectivity index (χ2v) is 8.38. The van der Waals surface area contributed by atoms with E-state index in [0.717, 1.165) is 54.0 Å². The van der Waals surface area contributed by atoms with Crippen LogP contribution in [0.1, 0.15) is 18.5 Å². The zero-order chi connectivity index (χ0) is 21.1. The first kappa shape index (κ1) is 20.7. The Morgan fingerprint density at radius 3 is 2.57 bits per heavy atom. The maximum Gasteiger partial charge on any atom is 0.170 e. The molecule has 3 aromatic rings. The van der Waals surface area contributed by atoms with Gasteiger partial charge in [0.1, 0.15) is 5.75 Å². The monoisotopic (exact) mass is 440 g/mol. The van der Waals surface area contributed by atoms with Gasteiger partial charge in [-0.15, -0.1) is 0 Å². The Labute approximate surface area is 187 Å². The van der Waals surface area contributed by atoms with Crippen molar-refractivity contribution in [3.05, 3.63) is 59.2 Å². The number of aromatic nitrogens is 1. The summed E-state index contributed by atoms with van der Waals surface area (Å²) in [5, 5.41) is 9.17. The average molecular weight is 441 g/mol. The highest BCUT2D eigenvalue weighted by atomic mass is 35.5. The molecule has 7 heteroatoms. The number of aryl methyl sites for hydroxylation is 1. The molecule has 0 spiro atoms. The fraction of sp³-hybridized carbons (Fsp3) is 0.304. The summed E-state index contributed by atoms with van der Waals surface area (Å²) in [7, 11) is 1.70. The highest BCUT2D eigenvalue weighted by molar-refractivity contribution is 7.80. The largest absolute Gasteiger partial charge is 0.497 e. The average Bonchev–Trinajstić information content (AvgIpc) is 2.75. The van der Waals surface area contributed by atoms with Crippen LogP contribution in [0.15, 0.2) is 48.5 Å². The van der Waals surface area contributed by atoms with Gasteiger partial charge in [-0.2, -0.15) is 0 Å². The number of piperidine rings is 1. The van der Waals surface area contributed by atoms with Gasteiger partial charge in [0, 0.05) is 46.6 Å². The first-order valence-electron chi connectivity index (χ1n) is 10.1. The van der Waals surface area contributed by atoms with Crippen molar-refractivity contribution in [2.45, 2.75) is 25.8 Å². The Balaban J connectivity index is 1.41. The van der Waals surface area contributed by atoms with E-state index in [1.807, 2.05) is 43.3 Å². The molecular formula is C23H25ClN4OS. The summed E-state index contributed by atoms with van der Waals surface area (Å²) in [5.41, 5.74) is 4.18. The molecule has 2 N–H and O–H groups in total. The molecule has 4 rings (SSSR count). The summed E-state index contributed by atoms with van der Waals surface area (Å²) in [6.45, 7) is 3.95. The topological polar surface area (TPSA) is 49.4 Å². The molecule has 2 aromatic carbocycles. The minimum absolute atomic E-state index is 0.345. The number of nitrogens with zero attached hydrogens (tertiary/aromatic N) is 2. The van der Waals surface area contributed by atoms with Gasteiger partial charge in [-0.05, 0) is 80.5 Å². The molecule has 1 fully saturated rings. The van der Waals surface area contributed by atoms with Crippen molar-refractivity contribution in [2.75, 3.05) is 30.4 Å².